The number of benzene rings is 10. The van der Waals surface area contributed by atoms with Crippen LogP contribution in [0.15, 0.2) is 231 Å². The Bertz CT molecular complexity index is 3710. The zero-order valence-electron chi connectivity index (χ0n) is 42.8. The molecule has 1 spiro atoms. The van der Waals surface area contributed by atoms with Crippen LogP contribution in [0.5, 0.6) is 0 Å². The third kappa shape index (κ3) is 7.11. The molecule has 10 aromatic carbocycles. The van der Waals surface area contributed by atoms with Gasteiger partial charge in [-0.05, 0) is 178 Å². The van der Waals surface area contributed by atoms with Gasteiger partial charge in [0.1, 0.15) is 0 Å². The number of hydrogen-bond acceptors (Lipinski definition) is 1. The van der Waals surface area contributed by atoms with Gasteiger partial charge in [-0.15, -0.1) is 0 Å². The Kier molecular flexibility index (Phi) is 10.7. The molecule has 0 amide bonds. The molecule has 0 fully saturated rings. The number of nitrogens with zero attached hydrogens (tertiary/aromatic N) is 1. The van der Waals surface area contributed by atoms with Crippen molar-refractivity contribution in [2.45, 2.75) is 64.7 Å². The Morgan fingerprint density at radius 3 is 1.23 bits per heavy atom. The first-order chi connectivity index (χ1) is 35.6. The minimum Gasteiger partial charge on any atom is -0.310 e. The summed E-state index contributed by atoms with van der Waals surface area (Å²) in [6.45, 7) is 14.2. The van der Waals surface area contributed by atoms with Crippen LogP contribution in [0.1, 0.15) is 92.8 Å². The fraction of sp³-hybridized carbons (Fsp3) is 0.167. The van der Waals surface area contributed by atoms with E-state index in [1.54, 1.807) is 0 Å². The van der Waals surface area contributed by atoms with Crippen molar-refractivity contribution >= 4 is 17.1 Å². The van der Waals surface area contributed by atoms with Gasteiger partial charge >= 0.3 is 0 Å². The molecular formula is C72H61N. The molecule has 13 rings (SSSR count). The van der Waals surface area contributed by atoms with Crippen LogP contribution in [0, 0.1) is 11.8 Å². The van der Waals surface area contributed by atoms with E-state index in [2.05, 4.69) is 277 Å². The zero-order valence-corrected chi connectivity index (χ0v) is 42.8. The van der Waals surface area contributed by atoms with E-state index in [0.717, 1.165) is 17.1 Å². The normalized spacial score (nSPS) is 15.7. The molecule has 0 N–H and O–H groups in total. The van der Waals surface area contributed by atoms with Gasteiger partial charge in [-0.1, -0.05) is 224 Å². The Labute approximate surface area is 432 Å². The van der Waals surface area contributed by atoms with E-state index < -0.39 is 5.41 Å². The van der Waals surface area contributed by atoms with Crippen molar-refractivity contribution in [1.82, 2.24) is 0 Å². The first-order valence-electron chi connectivity index (χ1n) is 26.5. The molecule has 0 heterocycles. The summed E-state index contributed by atoms with van der Waals surface area (Å²) in [5, 5.41) is 0. The fourth-order valence-corrected chi connectivity index (χ4v) is 13.2. The zero-order chi connectivity index (χ0) is 49.6. The molecule has 1 nitrogen and oxygen atoms in total. The first kappa shape index (κ1) is 44.9. The van der Waals surface area contributed by atoms with Gasteiger partial charge < -0.3 is 4.90 Å². The van der Waals surface area contributed by atoms with Crippen molar-refractivity contribution in [3.63, 3.8) is 0 Å². The third-order valence-corrected chi connectivity index (χ3v) is 16.8. The van der Waals surface area contributed by atoms with Gasteiger partial charge in [0.15, 0.2) is 0 Å². The molecule has 73 heavy (non-hydrogen) atoms. The first-order valence-corrected chi connectivity index (χ1v) is 26.5. The maximum Gasteiger partial charge on any atom is 0.0725 e. The third-order valence-electron chi connectivity index (χ3n) is 16.8. The van der Waals surface area contributed by atoms with Crippen molar-refractivity contribution in [1.29, 1.82) is 0 Å². The summed E-state index contributed by atoms with van der Waals surface area (Å²) in [7, 11) is 0. The van der Waals surface area contributed by atoms with Crippen LogP contribution in [-0.2, 0) is 10.8 Å². The lowest BCUT2D eigenvalue weighted by Crippen LogP contribution is -2.26. The Morgan fingerprint density at radius 1 is 0.329 bits per heavy atom. The SMILES string of the molecule is CC(C)CC(c1ccc(-c2ccc3c(c2)C2(c4ccccc4-3)c3ccccc3-c3ccc(-c4ccc(N(c5ccc(-c6ccccc6)cc5)c5ccc6c(c5)C(C)(C)c5ccccc5-6)cc4)cc32)cc1)C(C)C. The molecule has 0 aliphatic heterocycles. The molecule has 0 saturated carbocycles. The Balaban J connectivity index is 0.914. The van der Waals surface area contributed by atoms with E-state index in [-0.39, 0.29) is 5.41 Å². The van der Waals surface area contributed by atoms with E-state index in [9.17, 15) is 0 Å². The smallest absolute Gasteiger partial charge is 0.0725 e. The lowest BCUT2D eigenvalue weighted by Gasteiger charge is -2.31. The molecule has 1 heteroatoms. The highest BCUT2D eigenvalue weighted by atomic mass is 15.1. The van der Waals surface area contributed by atoms with Crippen LogP contribution >= 0.6 is 0 Å². The van der Waals surface area contributed by atoms with Gasteiger partial charge in [-0.2, -0.15) is 0 Å². The molecule has 0 aromatic heterocycles. The summed E-state index contributed by atoms with van der Waals surface area (Å²) in [6.07, 6.45) is 1.20. The second-order valence-corrected chi connectivity index (χ2v) is 22.2. The number of rotatable bonds is 10. The van der Waals surface area contributed by atoms with E-state index in [1.807, 2.05) is 0 Å². The maximum absolute atomic E-state index is 2.52. The second kappa shape index (κ2) is 17.3. The maximum atomic E-state index is 2.52. The number of fused-ring (bicyclic) bond motifs is 13. The molecule has 0 bridgehead atoms. The highest BCUT2D eigenvalue weighted by Gasteiger charge is 2.52. The monoisotopic (exact) mass is 939 g/mol. The number of hydrogen-bond donors (Lipinski definition) is 0. The van der Waals surface area contributed by atoms with Crippen LogP contribution in [0.2, 0.25) is 0 Å². The molecule has 354 valence electrons. The van der Waals surface area contributed by atoms with Gasteiger partial charge in [0.2, 0.25) is 0 Å². The lowest BCUT2D eigenvalue weighted by molar-refractivity contribution is 0.408. The molecule has 0 saturated heterocycles. The van der Waals surface area contributed by atoms with E-state index in [1.165, 1.54) is 112 Å². The molecule has 3 aliphatic carbocycles. The Morgan fingerprint density at radius 2 is 0.712 bits per heavy atom. The van der Waals surface area contributed by atoms with E-state index >= 15 is 0 Å². The van der Waals surface area contributed by atoms with E-state index in [4.69, 9.17) is 0 Å². The molecule has 0 radical (unpaired) electrons. The van der Waals surface area contributed by atoms with Crippen LogP contribution in [0.3, 0.4) is 0 Å². The lowest BCUT2D eigenvalue weighted by atomic mass is 9.70. The van der Waals surface area contributed by atoms with Crippen LogP contribution in [0.4, 0.5) is 17.1 Å². The van der Waals surface area contributed by atoms with Crippen LogP contribution < -0.4 is 4.90 Å². The predicted molar refractivity (Wildman–Crippen MR) is 308 cm³/mol. The summed E-state index contributed by atoms with van der Waals surface area (Å²) in [5.41, 5.74) is 27.7. The van der Waals surface area contributed by atoms with Gasteiger partial charge in [0.05, 0.1) is 5.41 Å². The minimum atomic E-state index is -0.465. The number of anilines is 3. The second-order valence-electron chi connectivity index (χ2n) is 22.2. The van der Waals surface area contributed by atoms with Crippen molar-refractivity contribution in [3.8, 4) is 66.8 Å². The Hall–Kier alpha value is -8.00. The fourth-order valence-electron chi connectivity index (χ4n) is 13.2. The minimum absolute atomic E-state index is 0.114. The van der Waals surface area contributed by atoms with Gasteiger partial charge in [-0.3, -0.25) is 0 Å². The van der Waals surface area contributed by atoms with Crippen molar-refractivity contribution < 1.29 is 0 Å². The highest BCUT2D eigenvalue weighted by Crippen LogP contribution is 2.63. The highest BCUT2D eigenvalue weighted by molar-refractivity contribution is 5.97. The van der Waals surface area contributed by atoms with Gasteiger partial charge in [0, 0.05) is 22.5 Å². The largest absolute Gasteiger partial charge is 0.310 e. The van der Waals surface area contributed by atoms with Crippen molar-refractivity contribution in [3.05, 3.63) is 269 Å². The molecule has 2 unspecified atom stereocenters. The van der Waals surface area contributed by atoms with Crippen molar-refractivity contribution in [2.24, 2.45) is 11.8 Å². The van der Waals surface area contributed by atoms with Gasteiger partial charge in [0.25, 0.3) is 0 Å². The average molecular weight is 940 g/mol. The summed E-state index contributed by atoms with van der Waals surface area (Å²) in [4.78, 5) is 2.43. The van der Waals surface area contributed by atoms with Crippen molar-refractivity contribution in [2.75, 3.05) is 4.90 Å². The standard InChI is InChI=1S/C72H61N/c1-46(2)42-64(47(3)4)52-26-24-50(25-27-52)53-32-39-62-59-19-11-14-22-66(59)72(69(62)43-53)67-23-15-12-20-60(67)63-40-33-54(44-70(63)72)51-30-36-56(37-31-51)73(55-34-28-49(29-35-55)48-16-8-7-9-17-48)57-38-41-61-58-18-10-13-21-65(58)71(5,6)68(61)45-57/h7-41,43-47,64H,42H2,1-6H3. The van der Waals surface area contributed by atoms with Crippen LogP contribution in [0.25, 0.3) is 66.8 Å². The van der Waals surface area contributed by atoms with Gasteiger partial charge in [-0.25, -0.2) is 0 Å². The predicted octanol–water partition coefficient (Wildman–Crippen LogP) is 19.6. The van der Waals surface area contributed by atoms with E-state index in [0.29, 0.717) is 17.8 Å². The average Bonchev–Trinajstić information content (AvgIpc) is 3.98. The summed E-state index contributed by atoms with van der Waals surface area (Å²) in [6, 6.07) is 87.4. The molecular weight excluding hydrogens is 879 g/mol. The summed E-state index contributed by atoms with van der Waals surface area (Å²) < 4.78 is 0. The quantitative estimate of drug-likeness (QED) is 0.132. The summed E-state index contributed by atoms with van der Waals surface area (Å²) in [5.74, 6) is 1.81. The van der Waals surface area contributed by atoms with Crippen LogP contribution in [-0.4, -0.2) is 0 Å². The molecule has 10 aromatic rings. The molecule has 2 atom stereocenters. The molecule has 3 aliphatic rings. The topological polar surface area (TPSA) is 3.24 Å². The summed E-state index contributed by atoms with van der Waals surface area (Å²) >= 11 is 0.